The topological polar surface area (TPSA) is 70.7 Å². The van der Waals surface area contributed by atoms with Crippen LogP contribution in [0.2, 0.25) is 0 Å². The molecular formula is C20H31N3O3. The Kier molecular flexibility index (Phi) is 7.30. The summed E-state index contributed by atoms with van der Waals surface area (Å²) in [7, 11) is 0. The fourth-order valence-electron chi connectivity index (χ4n) is 3.44. The van der Waals surface area contributed by atoms with Crippen LogP contribution in [0.5, 0.6) is 5.75 Å². The second-order valence-corrected chi connectivity index (χ2v) is 7.01. The maximum Gasteiger partial charge on any atom is 0.257 e. The molecule has 6 heteroatoms. The average Bonchev–Trinajstić information content (AvgIpc) is 2.61. The highest BCUT2D eigenvalue weighted by molar-refractivity contribution is 5.85. The highest BCUT2D eigenvalue weighted by Crippen LogP contribution is 2.24. The molecule has 0 spiro atoms. The van der Waals surface area contributed by atoms with Gasteiger partial charge in [-0.2, -0.15) is 0 Å². The van der Waals surface area contributed by atoms with Crippen molar-refractivity contribution in [1.29, 1.82) is 0 Å². The number of nitrogens with one attached hydrogen (secondary N) is 2. The molecule has 1 aliphatic heterocycles. The molecule has 1 fully saturated rings. The Morgan fingerprint density at radius 1 is 1.19 bits per heavy atom. The summed E-state index contributed by atoms with van der Waals surface area (Å²) in [6.07, 6.45) is 3.33. The number of likely N-dealkylation sites (tertiary alicyclic amines) is 1. The molecule has 0 aromatic heterocycles. The van der Waals surface area contributed by atoms with Gasteiger partial charge in [0.1, 0.15) is 11.8 Å². The minimum Gasteiger partial charge on any atom is -0.484 e. The van der Waals surface area contributed by atoms with Crippen molar-refractivity contribution in [3.05, 3.63) is 24.3 Å². The number of anilines is 1. The van der Waals surface area contributed by atoms with E-state index in [1.165, 1.54) is 6.42 Å². The smallest absolute Gasteiger partial charge is 0.257 e. The van der Waals surface area contributed by atoms with Gasteiger partial charge in [-0.15, -0.1) is 0 Å². The lowest BCUT2D eigenvalue weighted by atomic mass is 9.96. The second kappa shape index (κ2) is 9.46. The molecule has 1 aliphatic rings. The van der Waals surface area contributed by atoms with Crippen molar-refractivity contribution in [2.45, 2.75) is 65.1 Å². The minimum absolute atomic E-state index is 0.000239. The van der Waals surface area contributed by atoms with Crippen LogP contribution in [0.1, 0.15) is 47.0 Å². The van der Waals surface area contributed by atoms with Gasteiger partial charge in [-0.05, 0) is 71.2 Å². The van der Waals surface area contributed by atoms with E-state index in [2.05, 4.69) is 24.5 Å². The van der Waals surface area contributed by atoms with E-state index in [-0.39, 0.29) is 24.5 Å². The number of likely N-dealkylation sites (N-methyl/N-ethyl adjacent to an activating group) is 1. The molecule has 144 valence electrons. The van der Waals surface area contributed by atoms with E-state index in [0.29, 0.717) is 24.4 Å². The van der Waals surface area contributed by atoms with Crippen LogP contribution in [0, 0.1) is 0 Å². The first kappa shape index (κ1) is 20.1. The van der Waals surface area contributed by atoms with Gasteiger partial charge < -0.3 is 20.3 Å². The maximum atomic E-state index is 12.8. The highest BCUT2D eigenvalue weighted by atomic mass is 16.5. The number of nitrogens with zero attached hydrogens (tertiary/aromatic N) is 1. The molecule has 1 saturated heterocycles. The number of benzene rings is 1. The van der Waals surface area contributed by atoms with Crippen LogP contribution >= 0.6 is 0 Å². The lowest BCUT2D eigenvalue weighted by molar-refractivity contribution is -0.137. The second-order valence-electron chi connectivity index (χ2n) is 7.01. The summed E-state index contributed by atoms with van der Waals surface area (Å²) < 4.78 is 5.44. The van der Waals surface area contributed by atoms with Gasteiger partial charge in [-0.3, -0.25) is 9.59 Å². The molecule has 3 unspecified atom stereocenters. The van der Waals surface area contributed by atoms with Gasteiger partial charge in [-0.25, -0.2) is 0 Å². The fourth-order valence-corrected chi connectivity index (χ4v) is 3.44. The number of carbonyl (C=O) groups excluding carboxylic acids is 2. The zero-order valence-corrected chi connectivity index (χ0v) is 16.2. The average molecular weight is 361 g/mol. The Hall–Kier alpha value is -2.24. The summed E-state index contributed by atoms with van der Waals surface area (Å²) in [5.41, 5.74) is 0.855. The molecule has 2 N–H and O–H groups in total. The van der Waals surface area contributed by atoms with Crippen LogP contribution in [0.15, 0.2) is 24.3 Å². The molecule has 6 nitrogen and oxygen atoms in total. The van der Waals surface area contributed by atoms with Crippen LogP contribution in [0.4, 0.5) is 5.69 Å². The summed E-state index contributed by atoms with van der Waals surface area (Å²) in [6.45, 7) is 8.61. The molecule has 1 aromatic carbocycles. The summed E-state index contributed by atoms with van der Waals surface area (Å²) >= 11 is 0. The van der Waals surface area contributed by atoms with Crippen molar-refractivity contribution in [1.82, 2.24) is 10.2 Å². The Morgan fingerprint density at radius 3 is 2.38 bits per heavy atom. The van der Waals surface area contributed by atoms with E-state index in [9.17, 15) is 9.59 Å². The van der Waals surface area contributed by atoms with E-state index < -0.39 is 0 Å². The predicted molar refractivity (Wildman–Crippen MR) is 103 cm³/mol. The third kappa shape index (κ3) is 5.38. The van der Waals surface area contributed by atoms with E-state index in [1.807, 2.05) is 30.9 Å². The van der Waals surface area contributed by atoms with Crippen molar-refractivity contribution in [2.24, 2.45) is 0 Å². The number of piperidine rings is 1. The van der Waals surface area contributed by atoms with E-state index >= 15 is 0 Å². The molecule has 3 atom stereocenters. The minimum atomic E-state index is -0.292. The van der Waals surface area contributed by atoms with Crippen molar-refractivity contribution in [3.63, 3.8) is 0 Å². The number of hydrogen-bond donors (Lipinski definition) is 2. The van der Waals surface area contributed by atoms with Gasteiger partial charge in [0.25, 0.3) is 5.91 Å². The first-order chi connectivity index (χ1) is 12.4. The van der Waals surface area contributed by atoms with Crippen LogP contribution in [-0.4, -0.2) is 48.0 Å². The molecule has 0 radical (unpaired) electrons. The molecular weight excluding hydrogens is 330 g/mol. The monoisotopic (exact) mass is 361 g/mol. The number of hydrogen-bond acceptors (Lipinski definition) is 4. The normalized spacial score (nSPS) is 21.0. The molecule has 0 bridgehead atoms. The van der Waals surface area contributed by atoms with Gasteiger partial charge in [0.2, 0.25) is 5.91 Å². The van der Waals surface area contributed by atoms with Crippen LogP contribution in [0.25, 0.3) is 0 Å². The van der Waals surface area contributed by atoms with Crippen LogP contribution in [-0.2, 0) is 9.59 Å². The largest absolute Gasteiger partial charge is 0.484 e. The standard InChI is InChI=1S/C20H31N3O3/c1-5-21-19(24)13-26-18-11-9-17(10-12-18)22-16(4)20(25)23-14(2)7-6-8-15(23)3/h9-12,14-16,22H,5-8,13H2,1-4H3,(H,21,24). The van der Waals surface area contributed by atoms with Gasteiger partial charge in [0, 0.05) is 24.3 Å². The summed E-state index contributed by atoms with van der Waals surface area (Å²) in [5, 5.41) is 5.95. The first-order valence-electron chi connectivity index (χ1n) is 9.50. The van der Waals surface area contributed by atoms with E-state index in [0.717, 1.165) is 18.5 Å². The third-order valence-corrected chi connectivity index (χ3v) is 4.80. The molecule has 1 heterocycles. The van der Waals surface area contributed by atoms with Crippen LogP contribution in [0.3, 0.4) is 0 Å². The SMILES string of the molecule is CCNC(=O)COc1ccc(NC(C)C(=O)N2C(C)CCCC2C)cc1. The summed E-state index contributed by atoms with van der Waals surface area (Å²) in [6, 6.07) is 7.61. The zero-order chi connectivity index (χ0) is 19.1. The van der Waals surface area contributed by atoms with Crippen LogP contribution < -0.4 is 15.4 Å². The van der Waals surface area contributed by atoms with Crippen molar-refractivity contribution in [3.8, 4) is 5.75 Å². The predicted octanol–water partition coefficient (Wildman–Crippen LogP) is 2.79. The number of carbonyl (C=O) groups is 2. The molecule has 2 amide bonds. The lowest BCUT2D eigenvalue weighted by Gasteiger charge is -2.40. The molecule has 0 aliphatic carbocycles. The molecule has 0 saturated carbocycles. The zero-order valence-electron chi connectivity index (χ0n) is 16.2. The number of ether oxygens (including phenoxy) is 1. The first-order valence-corrected chi connectivity index (χ1v) is 9.50. The maximum absolute atomic E-state index is 12.8. The van der Waals surface area contributed by atoms with Crippen molar-refractivity contribution < 1.29 is 14.3 Å². The Morgan fingerprint density at radius 2 is 1.81 bits per heavy atom. The Balaban J connectivity index is 1.89. The highest BCUT2D eigenvalue weighted by Gasteiger charge is 2.31. The quantitative estimate of drug-likeness (QED) is 0.783. The summed E-state index contributed by atoms with van der Waals surface area (Å²) in [4.78, 5) is 26.3. The Labute approximate surface area is 156 Å². The third-order valence-electron chi connectivity index (χ3n) is 4.80. The Bertz CT molecular complexity index is 593. The number of amides is 2. The van der Waals surface area contributed by atoms with E-state index in [1.54, 1.807) is 12.1 Å². The van der Waals surface area contributed by atoms with Gasteiger partial charge in [-0.1, -0.05) is 0 Å². The van der Waals surface area contributed by atoms with Crippen molar-refractivity contribution >= 4 is 17.5 Å². The van der Waals surface area contributed by atoms with Gasteiger partial charge in [0.05, 0.1) is 0 Å². The number of rotatable bonds is 7. The molecule has 1 aromatic rings. The van der Waals surface area contributed by atoms with Gasteiger partial charge in [0.15, 0.2) is 6.61 Å². The summed E-state index contributed by atoms with van der Waals surface area (Å²) in [5.74, 6) is 0.624. The lowest BCUT2D eigenvalue weighted by Crippen LogP contribution is -2.52. The fraction of sp³-hybridized carbons (Fsp3) is 0.600. The van der Waals surface area contributed by atoms with E-state index in [4.69, 9.17) is 4.74 Å². The van der Waals surface area contributed by atoms with Crippen molar-refractivity contribution in [2.75, 3.05) is 18.5 Å². The molecule has 26 heavy (non-hydrogen) atoms. The molecule has 2 rings (SSSR count). The van der Waals surface area contributed by atoms with Gasteiger partial charge >= 0.3 is 0 Å².